The van der Waals surface area contributed by atoms with Gasteiger partial charge in [0, 0.05) is 12.6 Å². The van der Waals surface area contributed by atoms with Gasteiger partial charge in [-0.05, 0) is 51.1 Å². The third kappa shape index (κ3) is 2.56. The van der Waals surface area contributed by atoms with E-state index in [1.165, 1.54) is 11.1 Å². The molecule has 3 nitrogen and oxygen atoms in total. The Labute approximate surface area is 133 Å². The molecule has 0 aromatic heterocycles. The molecule has 0 radical (unpaired) electrons. The van der Waals surface area contributed by atoms with Crippen LogP contribution >= 0.6 is 0 Å². The second kappa shape index (κ2) is 6.04. The summed E-state index contributed by atoms with van der Waals surface area (Å²) in [4.78, 5) is 15.6. The highest BCUT2D eigenvalue weighted by molar-refractivity contribution is 5.89. The Morgan fingerprint density at radius 3 is 2.68 bits per heavy atom. The van der Waals surface area contributed by atoms with E-state index in [1.807, 2.05) is 0 Å². The Kier molecular flexibility index (Phi) is 4.26. The first-order valence-electron chi connectivity index (χ1n) is 8.65. The number of hydrogen-bond acceptors (Lipinski definition) is 2. The zero-order valence-electron chi connectivity index (χ0n) is 13.8. The van der Waals surface area contributed by atoms with E-state index in [4.69, 9.17) is 5.73 Å². The molecule has 120 valence electrons. The molecule has 1 saturated carbocycles. The maximum Gasteiger partial charge on any atom is 0.233 e. The molecule has 2 fully saturated rings. The van der Waals surface area contributed by atoms with Gasteiger partial charge in [0.1, 0.15) is 0 Å². The molecular formula is C19H28N2O. The van der Waals surface area contributed by atoms with Gasteiger partial charge in [-0.25, -0.2) is 0 Å². The Morgan fingerprint density at radius 1 is 1.36 bits per heavy atom. The van der Waals surface area contributed by atoms with Gasteiger partial charge in [-0.3, -0.25) is 4.79 Å². The average Bonchev–Trinajstić information content (AvgIpc) is 3.14. The van der Waals surface area contributed by atoms with Gasteiger partial charge in [0.15, 0.2) is 0 Å². The number of likely N-dealkylation sites (tertiary alicyclic amines) is 1. The molecule has 1 saturated heterocycles. The van der Waals surface area contributed by atoms with Crippen molar-refractivity contribution in [2.45, 2.75) is 57.4 Å². The number of nitrogens with zero attached hydrogens (tertiary/aromatic N) is 1. The van der Waals surface area contributed by atoms with E-state index in [0.29, 0.717) is 24.4 Å². The predicted octanol–water partition coefficient (Wildman–Crippen LogP) is 3.00. The van der Waals surface area contributed by atoms with E-state index in [0.717, 1.165) is 38.6 Å². The molecule has 2 N–H and O–H groups in total. The summed E-state index contributed by atoms with van der Waals surface area (Å²) in [7, 11) is 0. The lowest BCUT2D eigenvalue weighted by molar-refractivity contribution is -0.138. The van der Waals surface area contributed by atoms with E-state index in [-0.39, 0.29) is 5.41 Å². The van der Waals surface area contributed by atoms with E-state index in [2.05, 4.69) is 43.0 Å². The monoisotopic (exact) mass is 300 g/mol. The lowest BCUT2D eigenvalue weighted by atomic mass is 9.77. The van der Waals surface area contributed by atoms with Crippen molar-refractivity contribution >= 4 is 5.91 Å². The van der Waals surface area contributed by atoms with E-state index >= 15 is 0 Å². The standard InChI is InChI=1S/C19H28N2O/c1-14-6-5-7-17(10-14)19(8-3-4-9-19)18(22)21-13-16(12-20)11-15(21)2/h5-7,10,15-16H,3-4,8-9,11-13,20H2,1-2H3. The number of nitrogens with two attached hydrogens (primary N) is 1. The van der Waals surface area contributed by atoms with Gasteiger partial charge in [-0.2, -0.15) is 0 Å². The van der Waals surface area contributed by atoms with Crippen LogP contribution in [0.2, 0.25) is 0 Å². The maximum atomic E-state index is 13.4. The van der Waals surface area contributed by atoms with Crippen molar-refractivity contribution in [3.05, 3.63) is 35.4 Å². The molecule has 1 heterocycles. The summed E-state index contributed by atoms with van der Waals surface area (Å²) in [5, 5.41) is 0. The number of aryl methyl sites for hydroxylation is 1. The van der Waals surface area contributed by atoms with Crippen molar-refractivity contribution in [3.63, 3.8) is 0 Å². The predicted molar refractivity (Wildman–Crippen MR) is 89.7 cm³/mol. The molecule has 1 aliphatic carbocycles. The molecule has 0 bridgehead atoms. The van der Waals surface area contributed by atoms with Gasteiger partial charge in [0.25, 0.3) is 0 Å². The fraction of sp³-hybridized carbons (Fsp3) is 0.632. The summed E-state index contributed by atoms with van der Waals surface area (Å²) < 4.78 is 0. The van der Waals surface area contributed by atoms with Crippen LogP contribution in [0.5, 0.6) is 0 Å². The van der Waals surface area contributed by atoms with Gasteiger partial charge in [-0.15, -0.1) is 0 Å². The molecule has 2 unspecified atom stereocenters. The van der Waals surface area contributed by atoms with E-state index in [1.54, 1.807) is 0 Å². The third-order valence-corrected chi connectivity index (χ3v) is 5.69. The molecule has 1 aromatic rings. The Hall–Kier alpha value is -1.35. The van der Waals surface area contributed by atoms with Gasteiger partial charge in [0.2, 0.25) is 5.91 Å². The van der Waals surface area contributed by atoms with Gasteiger partial charge in [-0.1, -0.05) is 42.7 Å². The average molecular weight is 300 g/mol. The first kappa shape index (κ1) is 15.5. The zero-order chi connectivity index (χ0) is 15.7. The fourth-order valence-electron chi connectivity index (χ4n) is 4.42. The molecule has 2 atom stereocenters. The van der Waals surface area contributed by atoms with Crippen molar-refractivity contribution in [1.29, 1.82) is 0 Å². The second-order valence-electron chi connectivity index (χ2n) is 7.30. The van der Waals surface area contributed by atoms with Crippen LogP contribution in [0, 0.1) is 12.8 Å². The van der Waals surface area contributed by atoms with Crippen LogP contribution in [-0.4, -0.2) is 29.9 Å². The Bertz CT molecular complexity index is 548. The van der Waals surface area contributed by atoms with Crippen LogP contribution in [0.25, 0.3) is 0 Å². The normalized spacial score (nSPS) is 27.3. The van der Waals surface area contributed by atoms with Gasteiger partial charge in [0.05, 0.1) is 5.41 Å². The highest BCUT2D eigenvalue weighted by Crippen LogP contribution is 2.44. The van der Waals surface area contributed by atoms with Crippen LogP contribution in [0.3, 0.4) is 0 Å². The summed E-state index contributed by atoms with van der Waals surface area (Å²) in [5.41, 5.74) is 8.01. The van der Waals surface area contributed by atoms with Crippen molar-refractivity contribution in [2.24, 2.45) is 11.7 Å². The van der Waals surface area contributed by atoms with Crippen LogP contribution in [0.4, 0.5) is 0 Å². The minimum absolute atomic E-state index is 0.288. The van der Waals surface area contributed by atoms with Crippen LogP contribution < -0.4 is 5.73 Å². The van der Waals surface area contributed by atoms with E-state index < -0.39 is 0 Å². The minimum Gasteiger partial charge on any atom is -0.339 e. The quantitative estimate of drug-likeness (QED) is 0.932. The van der Waals surface area contributed by atoms with Crippen molar-refractivity contribution in [2.75, 3.05) is 13.1 Å². The highest BCUT2D eigenvalue weighted by Gasteiger charge is 2.47. The van der Waals surface area contributed by atoms with E-state index in [9.17, 15) is 4.79 Å². The van der Waals surface area contributed by atoms with Gasteiger partial charge >= 0.3 is 0 Å². The lowest BCUT2D eigenvalue weighted by Crippen LogP contribution is -2.47. The Balaban J connectivity index is 1.93. The summed E-state index contributed by atoms with van der Waals surface area (Å²) in [6.45, 7) is 5.81. The number of rotatable bonds is 3. The summed E-state index contributed by atoms with van der Waals surface area (Å²) in [5.74, 6) is 0.814. The number of carbonyl (C=O) groups excluding carboxylic acids is 1. The number of carbonyl (C=O) groups is 1. The van der Waals surface area contributed by atoms with Crippen molar-refractivity contribution in [1.82, 2.24) is 4.90 Å². The lowest BCUT2D eigenvalue weighted by Gasteiger charge is -2.35. The van der Waals surface area contributed by atoms with Crippen LogP contribution in [-0.2, 0) is 10.2 Å². The topological polar surface area (TPSA) is 46.3 Å². The molecule has 3 heteroatoms. The zero-order valence-corrected chi connectivity index (χ0v) is 13.8. The summed E-state index contributed by atoms with van der Waals surface area (Å²) >= 11 is 0. The molecular weight excluding hydrogens is 272 g/mol. The molecule has 1 aliphatic heterocycles. The van der Waals surface area contributed by atoms with Crippen LogP contribution in [0.1, 0.15) is 50.2 Å². The minimum atomic E-state index is -0.288. The highest BCUT2D eigenvalue weighted by atomic mass is 16.2. The number of amides is 1. The molecule has 2 aliphatic rings. The second-order valence-corrected chi connectivity index (χ2v) is 7.30. The molecule has 3 rings (SSSR count). The van der Waals surface area contributed by atoms with Crippen LogP contribution in [0.15, 0.2) is 24.3 Å². The van der Waals surface area contributed by atoms with Crippen molar-refractivity contribution < 1.29 is 4.79 Å². The molecule has 22 heavy (non-hydrogen) atoms. The number of benzene rings is 1. The third-order valence-electron chi connectivity index (χ3n) is 5.69. The summed E-state index contributed by atoms with van der Waals surface area (Å²) in [6, 6.07) is 8.89. The maximum absolute atomic E-state index is 13.4. The first-order valence-corrected chi connectivity index (χ1v) is 8.65. The van der Waals surface area contributed by atoms with Crippen molar-refractivity contribution in [3.8, 4) is 0 Å². The Morgan fingerprint density at radius 2 is 2.09 bits per heavy atom. The molecule has 0 spiro atoms. The largest absolute Gasteiger partial charge is 0.339 e. The smallest absolute Gasteiger partial charge is 0.233 e. The number of hydrogen-bond donors (Lipinski definition) is 1. The SMILES string of the molecule is Cc1cccc(C2(C(=O)N3CC(CN)CC3C)CCCC2)c1. The first-order chi connectivity index (χ1) is 10.6. The van der Waals surface area contributed by atoms with Gasteiger partial charge < -0.3 is 10.6 Å². The summed E-state index contributed by atoms with van der Waals surface area (Å²) in [6.07, 6.45) is 5.34. The fourth-order valence-corrected chi connectivity index (χ4v) is 4.42. The molecule has 1 aromatic carbocycles. The molecule has 1 amide bonds.